The highest BCUT2D eigenvalue weighted by atomic mass is 19.4. The molecule has 2 aromatic carbocycles. The maximum atomic E-state index is 13.8. The first-order valence-corrected chi connectivity index (χ1v) is 17.9. The summed E-state index contributed by atoms with van der Waals surface area (Å²) in [4.78, 5) is 0. The van der Waals surface area contributed by atoms with Gasteiger partial charge < -0.3 is 0 Å². The van der Waals surface area contributed by atoms with Crippen LogP contribution in [0.4, 0.5) is 61.5 Å². The summed E-state index contributed by atoms with van der Waals surface area (Å²) in [6.45, 7) is 19.0. The van der Waals surface area contributed by atoms with E-state index in [4.69, 9.17) is 21.0 Å². The molecule has 0 spiro atoms. The van der Waals surface area contributed by atoms with E-state index in [9.17, 15) is 61.5 Å². The number of aryl methyl sites for hydroxylation is 1. The first-order chi connectivity index (χ1) is 27.6. The zero-order valence-corrected chi connectivity index (χ0v) is 35.1. The van der Waals surface area contributed by atoms with Crippen molar-refractivity contribution in [3.63, 3.8) is 0 Å². The number of rotatable bonds is 6. The molecule has 0 heterocycles. The van der Waals surface area contributed by atoms with Gasteiger partial charge in [-0.15, -0.1) is 0 Å². The molecule has 4 nitrogen and oxygen atoms in total. The van der Waals surface area contributed by atoms with Gasteiger partial charge in [0.1, 0.15) is 34.9 Å². The largest absolute Gasteiger partial charge is 0.425 e. The van der Waals surface area contributed by atoms with Crippen molar-refractivity contribution in [1.29, 1.82) is 21.0 Å². The lowest BCUT2D eigenvalue weighted by Gasteiger charge is -2.15. The molecule has 0 radical (unpaired) electrons. The zero-order valence-electron chi connectivity index (χ0n) is 35.1. The third kappa shape index (κ3) is 24.3. The molecule has 336 valence electrons. The summed E-state index contributed by atoms with van der Waals surface area (Å²) < 4.78 is 173. The lowest BCUT2D eigenvalue weighted by atomic mass is 9.94. The quantitative estimate of drug-likeness (QED) is 0.0949. The standard InChI is InChI=1S/C16H13F5.C7H8F6.C7H8F3N.C7H8N2.C6H9N/c1-7(2)9-4-8(3)5-10(6-9)11-12(17)14(19)16(21)15(20)13(11)18;1-4(2)3-5(6(8,9)10)7(11,12)13;1-5(2)3-6(4-11)7(8,9)10;1-6(2)3-7(4-8)5-9;1-6(2)4-3-5-7/h4-7H,1-3H3;3-4H,1-2H3;3,5H,1-2H3;3,6H,1-2H3;3-4,6H,1-2H3/b;;6-3+;;4-3+. The Morgan fingerprint density at radius 3 is 1.16 bits per heavy atom. The average molecular weight is 885 g/mol. The van der Waals surface area contributed by atoms with Crippen LogP contribution in [0, 0.1) is 105 Å². The molecule has 0 aromatic heterocycles. The Morgan fingerprint density at radius 1 is 0.525 bits per heavy atom. The second-order valence-electron chi connectivity index (χ2n) is 14.3. The molecule has 0 N–H and O–H groups in total. The van der Waals surface area contributed by atoms with Gasteiger partial charge in [0.2, 0.25) is 5.82 Å². The van der Waals surface area contributed by atoms with Gasteiger partial charge in [0.05, 0.1) is 11.6 Å². The van der Waals surface area contributed by atoms with Gasteiger partial charge in [-0.2, -0.15) is 60.6 Å². The van der Waals surface area contributed by atoms with Crippen molar-refractivity contribution < 1.29 is 61.5 Å². The van der Waals surface area contributed by atoms with Gasteiger partial charge in [-0.1, -0.05) is 117 Å². The number of allylic oxidation sites excluding steroid dienone is 8. The van der Waals surface area contributed by atoms with Gasteiger partial charge in [-0.3, -0.25) is 0 Å². The number of hydrogen-bond donors (Lipinski definition) is 0. The highest BCUT2D eigenvalue weighted by molar-refractivity contribution is 5.67. The van der Waals surface area contributed by atoms with E-state index in [0.717, 1.165) is 17.7 Å². The van der Waals surface area contributed by atoms with Crippen LogP contribution in [-0.2, 0) is 0 Å². The lowest BCUT2D eigenvalue weighted by molar-refractivity contribution is -0.172. The molecule has 0 aliphatic carbocycles. The van der Waals surface area contributed by atoms with E-state index in [-0.39, 0.29) is 35.0 Å². The van der Waals surface area contributed by atoms with Crippen molar-refractivity contribution in [1.82, 2.24) is 0 Å². The van der Waals surface area contributed by atoms with E-state index in [1.54, 1.807) is 45.1 Å². The van der Waals surface area contributed by atoms with Crippen LogP contribution in [0.1, 0.15) is 86.3 Å². The Hall–Kier alpha value is -5.62. The van der Waals surface area contributed by atoms with Crippen molar-refractivity contribution in [2.45, 2.75) is 101 Å². The molecule has 0 amide bonds. The summed E-state index contributed by atoms with van der Waals surface area (Å²) in [6, 6.07) is 11.2. The molecule has 0 saturated carbocycles. The molecule has 0 aliphatic heterocycles. The maximum absolute atomic E-state index is 13.8. The lowest BCUT2D eigenvalue weighted by Crippen LogP contribution is -2.26. The van der Waals surface area contributed by atoms with Crippen LogP contribution in [0.5, 0.6) is 0 Å². The Bertz CT molecular complexity index is 1940. The minimum absolute atomic E-state index is 0.0218. The summed E-state index contributed by atoms with van der Waals surface area (Å²) in [5.41, 5.74) is -2.83. The Labute approximate surface area is 347 Å². The second kappa shape index (κ2) is 27.3. The van der Waals surface area contributed by atoms with E-state index >= 15 is 0 Å². The van der Waals surface area contributed by atoms with Crippen LogP contribution in [0.15, 0.2) is 65.3 Å². The number of halogens is 14. The van der Waals surface area contributed by atoms with E-state index in [0.29, 0.717) is 11.5 Å². The Balaban J connectivity index is -0.000000734. The molecule has 0 fully saturated rings. The van der Waals surface area contributed by atoms with Gasteiger partial charge in [-0.05, 0) is 47.6 Å². The summed E-state index contributed by atoms with van der Waals surface area (Å²) in [6.07, 6.45) is -9.09. The number of alkyl halides is 9. The van der Waals surface area contributed by atoms with E-state index in [1.807, 2.05) is 53.7 Å². The van der Waals surface area contributed by atoms with E-state index in [1.165, 1.54) is 32.1 Å². The van der Waals surface area contributed by atoms with Gasteiger partial charge >= 0.3 is 18.5 Å². The van der Waals surface area contributed by atoms with Gasteiger partial charge in [0.15, 0.2) is 23.3 Å². The van der Waals surface area contributed by atoms with Gasteiger partial charge in [-0.25, -0.2) is 22.0 Å². The van der Waals surface area contributed by atoms with Crippen molar-refractivity contribution >= 4 is 0 Å². The normalized spacial score (nSPS) is 11.4. The second-order valence-corrected chi connectivity index (χ2v) is 14.3. The number of nitrogens with zero attached hydrogens (tertiary/aromatic N) is 4. The SMILES string of the molecule is CC(C)/C=C(\C#N)C(F)(F)F.CC(C)/C=C/C#N.CC(C)C=C(C#N)C#N.CC(C)C=C(C(F)(F)F)C(F)(F)F.Cc1cc(-c2c(F)c(F)c(F)c(F)c2F)cc(C(C)C)c1. The third-order valence-electron chi connectivity index (χ3n) is 6.60. The summed E-state index contributed by atoms with van der Waals surface area (Å²) in [5, 5.41) is 32.5. The number of hydrogen-bond acceptors (Lipinski definition) is 4. The van der Waals surface area contributed by atoms with E-state index in [2.05, 4.69) is 0 Å². The predicted molar refractivity (Wildman–Crippen MR) is 204 cm³/mol. The van der Waals surface area contributed by atoms with Crippen LogP contribution >= 0.6 is 0 Å². The maximum Gasteiger partial charge on any atom is 0.425 e. The molecular weight excluding hydrogens is 838 g/mol. The van der Waals surface area contributed by atoms with E-state index < -0.39 is 70.2 Å². The highest BCUT2D eigenvalue weighted by Gasteiger charge is 2.50. The van der Waals surface area contributed by atoms with Crippen LogP contribution < -0.4 is 0 Å². The molecule has 61 heavy (non-hydrogen) atoms. The van der Waals surface area contributed by atoms with Gasteiger partial charge in [0.25, 0.3) is 0 Å². The molecule has 18 heteroatoms. The zero-order chi connectivity index (χ0) is 48.8. The van der Waals surface area contributed by atoms with Crippen LogP contribution in [0.25, 0.3) is 11.1 Å². The minimum atomic E-state index is -5.33. The summed E-state index contributed by atoms with van der Waals surface area (Å²) in [5.74, 6) is -9.86. The monoisotopic (exact) mass is 884 g/mol. The topological polar surface area (TPSA) is 95.2 Å². The average Bonchev–Trinajstić information content (AvgIpc) is 3.11. The first-order valence-electron chi connectivity index (χ1n) is 17.9. The number of benzene rings is 2. The van der Waals surface area contributed by atoms with Gasteiger partial charge in [0, 0.05) is 6.08 Å². The molecule has 0 aliphatic rings. The van der Waals surface area contributed by atoms with Crippen LogP contribution in [0.3, 0.4) is 0 Å². The van der Waals surface area contributed by atoms with Crippen molar-refractivity contribution in [2.24, 2.45) is 23.7 Å². The third-order valence-corrected chi connectivity index (χ3v) is 6.60. The molecule has 0 atom stereocenters. The highest BCUT2D eigenvalue weighted by Crippen LogP contribution is 2.39. The summed E-state index contributed by atoms with van der Waals surface area (Å²) in [7, 11) is 0. The fraction of sp³-hybridized carbons (Fsp3) is 0.442. The predicted octanol–water partition coefficient (Wildman–Crippen LogP) is 15.2. The van der Waals surface area contributed by atoms with Crippen LogP contribution in [-0.4, -0.2) is 18.5 Å². The van der Waals surface area contributed by atoms with Crippen LogP contribution in [0.2, 0.25) is 0 Å². The molecule has 0 saturated heterocycles. The Kier molecular flexibility index (Phi) is 26.7. The smallest absolute Gasteiger partial charge is 0.203 e. The van der Waals surface area contributed by atoms with Crippen molar-refractivity contribution in [2.75, 3.05) is 0 Å². The minimum Gasteiger partial charge on any atom is -0.203 e. The fourth-order valence-corrected chi connectivity index (χ4v) is 4.03. The molecule has 2 aromatic rings. The summed E-state index contributed by atoms with van der Waals surface area (Å²) >= 11 is 0. The Morgan fingerprint density at radius 2 is 0.934 bits per heavy atom. The molecule has 0 bridgehead atoms. The van der Waals surface area contributed by atoms with Crippen molar-refractivity contribution in [3.05, 3.63) is 106 Å². The molecule has 2 rings (SSSR count). The fourth-order valence-electron chi connectivity index (χ4n) is 4.03. The molecular formula is C43H46F14N4. The number of nitriles is 4. The van der Waals surface area contributed by atoms with Crippen molar-refractivity contribution in [3.8, 4) is 35.4 Å². The molecule has 0 unspecified atom stereocenters. The first kappa shape index (κ1) is 59.7.